The zero-order chi connectivity index (χ0) is 19.6. The third-order valence-electron chi connectivity index (χ3n) is 5.07. The lowest BCUT2D eigenvalue weighted by Crippen LogP contribution is -2.13. The van der Waals surface area contributed by atoms with Crippen LogP contribution in [0, 0.1) is 17.6 Å². The van der Waals surface area contributed by atoms with Gasteiger partial charge in [-0.05, 0) is 63.0 Å². The highest BCUT2D eigenvalue weighted by Gasteiger charge is 2.25. The summed E-state index contributed by atoms with van der Waals surface area (Å²) in [5.41, 5.74) is 0.505. The molecule has 0 amide bonds. The van der Waals surface area contributed by atoms with Gasteiger partial charge < -0.3 is 13.8 Å². The summed E-state index contributed by atoms with van der Waals surface area (Å²) in [6.45, 7) is 7.75. The maximum atomic E-state index is 14.5. The van der Waals surface area contributed by atoms with Crippen molar-refractivity contribution in [3.63, 3.8) is 0 Å². The Morgan fingerprint density at radius 3 is 2.26 bits per heavy atom. The van der Waals surface area contributed by atoms with E-state index < -0.39 is 20.0 Å². The monoisotopic (exact) mass is 402 g/mol. The molecule has 0 radical (unpaired) electrons. The fourth-order valence-electron chi connectivity index (χ4n) is 3.52. The van der Waals surface area contributed by atoms with E-state index in [9.17, 15) is 8.78 Å². The van der Waals surface area contributed by atoms with Crippen LogP contribution < -0.4 is 4.74 Å². The molecule has 0 aliphatic heterocycles. The van der Waals surface area contributed by atoms with Crippen LogP contribution in [0.3, 0.4) is 0 Å². The summed E-state index contributed by atoms with van der Waals surface area (Å²) in [5, 5.41) is 0. The van der Waals surface area contributed by atoms with Crippen molar-refractivity contribution in [3.05, 3.63) is 29.3 Å². The minimum Gasteiger partial charge on any atom is -0.490 e. The maximum absolute atomic E-state index is 14.5. The Morgan fingerprint density at radius 2 is 1.63 bits per heavy atom. The van der Waals surface area contributed by atoms with E-state index in [-0.39, 0.29) is 11.7 Å². The molecule has 0 N–H and O–H groups in total. The van der Waals surface area contributed by atoms with Crippen LogP contribution in [0.25, 0.3) is 0 Å². The third kappa shape index (κ3) is 6.96. The van der Waals surface area contributed by atoms with Crippen molar-refractivity contribution < 1.29 is 22.6 Å². The first-order valence-corrected chi connectivity index (χ1v) is 11.6. The summed E-state index contributed by atoms with van der Waals surface area (Å²) >= 11 is 0. The van der Waals surface area contributed by atoms with Crippen LogP contribution in [-0.4, -0.2) is 26.0 Å². The second kappa shape index (κ2) is 11.9. The van der Waals surface area contributed by atoms with Gasteiger partial charge in [-0.1, -0.05) is 25.8 Å². The third-order valence-corrected chi connectivity index (χ3v) is 6.84. The number of unbranched alkanes of at least 4 members (excludes halogenated alkanes) is 1. The van der Waals surface area contributed by atoms with E-state index in [2.05, 4.69) is 6.92 Å². The van der Waals surface area contributed by atoms with Gasteiger partial charge in [0.15, 0.2) is 19.9 Å². The molecule has 0 spiro atoms. The molecule has 1 saturated carbocycles. The standard InChI is InChI=1S/C21H33F2O3P/c1-4-25-27(26-5-2)15-7-6-14-24-19-13-12-18(20(22)21(19)23)17-10-8-16(3)9-11-17/h12-13,16-17H,4-11,14-15H2,1-3H3. The molecule has 0 unspecified atom stereocenters. The first-order chi connectivity index (χ1) is 13.1. The molecule has 0 atom stereocenters. The van der Waals surface area contributed by atoms with E-state index in [0.29, 0.717) is 31.3 Å². The van der Waals surface area contributed by atoms with E-state index in [0.717, 1.165) is 44.7 Å². The molecule has 1 aliphatic rings. The number of ether oxygens (including phenoxy) is 1. The number of rotatable bonds is 11. The van der Waals surface area contributed by atoms with Crippen LogP contribution in [-0.2, 0) is 9.05 Å². The molecule has 1 fully saturated rings. The number of halogens is 2. The van der Waals surface area contributed by atoms with Crippen molar-refractivity contribution in [1.29, 1.82) is 0 Å². The molecule has 2 rings (SSSR count). The van der Waals surface area contributed by atoms with Gasteiger partial charge in [0.05, 0.1) is 19.8 Å². The van der Waals surface area contributed by atoms with Crippen LogP contribution in [0.1, 0.15) is 70.8 Å². The Hall–Kier alpha value is -0.770. The van der Waals surface area contributed by atoms with Crippen LogP contribution >= 0.6 is 8.38 Å². The Bertz CT molecular complexity index is 557. The lowest BCUT2D eigenvalue weighted by atomic mass is 9.79. The highest BCUT2D eigenvalue weighted by atomic mass is 31.2. The SMILES string of the molecule is CCOP(CCCCOc1ccc(C2CCC(C)CC2)c(F)c1F)OCC. The van der Waals surface area contributed by atoms with Crippen LogP contribution in [0.2, 0.25) is 0 Å². The Kier molecular flexibility index (Phi) is 9.95. The molecule has 27 heavy (non-hydrogen) atoms. The highest BCUT2D eigenvalue weighted by molar-refractivity contribution is 7.47. The van der Waals surface area contributed by atoms with Crippen molar-refractivity contribution in [2.45, 2.75) is 65.2 Å². The van der Waals surface area contributed by atoms with Crippen molar-refractivity contribution >= 4 is 8.38 Å². The van der Waals surface area contributed by atoms with Crippen molar-refractivity contribution in [1.82, 2.24) is 0 Å². The predicted octanol–water partition coefficient (Wildman–Crippen LogP) is 6.80. The molecule has 1 aromatic rings. The van der Waals surface area contributed by atoms with Gasteiger partial charge in [0.2, 0.25) is 5.82 Å². The first-order valence-electron chi connectivity index (χ1n) is 10.2. The highest BCUT2D eigenvalue weighted by Crippen LogP contribution is 2.39. The van der Waals surface area contributed by atoms with Gasteiger partial charge in [0, 0.05) is 6.16 Å². The Balaban J connectivity index is 1.81. The topological polar surface area (TPSA) is 27.7 Å². The smallest absolute Gasteiger partial charge is 0.200 e. The van der Waals surface area contributed by atoms with E-state index in [4.69, 9.17) is 13.8 Å². The fourth-order valence-corrected chi connectivity index (χ4v) is 4.91. The lowest BCUT2D eigenvalue weighted by Gasteiger charge is -2.27. The molecule has 1 aromatic carbocycles. The summed E-state index contributed by atoms with van der Waals surface area (Å²) in [6, 6.07) is 3.29. The van der Waals surface area contributed by atoms with Crippen molar-refractivity contribution in [2.75, 3.05) is 26.0 Å². The minimum absolute atomic E-state index is 0.0114. The minimum atomic E-state index is -0.850. The summed E-state index contributed by atoms with van der Waals surface area (Å²) in [4.78, 5) is 0. The quantitative estimate of drug-likeness (QED) is 0.301. The van der Waals surface area contributed by atoms with Gasteiger partial charge in [-0.3, -0.25) is 0 Å². The Morgan fingerprint density at radius 1 is 0.963 bits per heavy atom. The first kappa shape index (κ1) is 22.5. The van der Waals surface area contributed by atoms with Gasteiger partial charge in [0.25, 0.3) is 0 Å². The normalized spacial score (nSPS) is 20.2. The van der Waals surface area contributed by atoms with Crippen LogP contribution in [0.5, 0.6) is 5.75 Å². The van der Waals surface area contributed by atoms with Gasteiger partial charge in [-0.25, -0.2) is 4.39 Å². The number of hydrogen-bond donors (Lipinski definition) is 0. The van der Waals surface area contributed by atoms with E-state index in [1.54, 1.807) is 12.1 Å². The van der Waals surface area contributed by atoms with Gasteiger partial charge in [-0.2, -0.15) is 4.39 Å². The number of hydrogen-bond acceptors (Lipinski definition) is 3. The molecule has 0 bridgehead atoms. The largest absolute Gasteiger partial charge is 0.490 e. The van der Waals surface area contributed by atoms with Gasteiger partial charge in [-0.15, -0.1) is 0 Å². The van der Waals surface area contributed by atoms with Crippen LogP contribution in [0.15, 0.2) is 12.1 Å². The molecule has 0 saturated heterocycles. The van der Waals surface area contributed by atoms with Crippen LogP contribution in [0.4, 0.5) is 8.78 Å². The van der Waals surface area contributed by atoms with E-state index >= 15 is 0 Å². The summed E-state index contributed by atoms with van der Waals surface area (Å²) in [6.07, 6.45) is 6.47. The molecular weight excluding hydrogens is 369 g/mol. The summed E-state index contributed by atoms with van der Waals surface area (Å²) < 4.78 is 45.5. The van der Waals surface area contributed by atoms with Gasteiger partial charge in [0.1, 0.15) is 0 Å². The molecule has 1 aliphatic carbocycles. The Labute approximate surface area is 163 Å². The van der Waals surface area contributed by atoms with E-state index in [1.165, 1.54) is 0 Å². The number of benzene rings is 1. The molecule has 154 valence electrons. The molecule has 6 heteroatoms. The van der Waals surface area contributed by atoms with Gasteiger partial charge >= 0.3 is 0 Å². The molecule has 0 aromatic heterocycles. The predicted molar refractivity (Wildman–Crippen MR) is 106 cm³/mol. The van der Waals surface area contributed by atoms with E-state index in [1.807, 2.05) is 13.8 Å². The fraction of sp³-hybridized carbons (Fsp3) is 0.714. The average molecular weight is 402 g/mol. The summed E-state index contributed by atoms with van der Waals surface area (Å²) in [7, 11) is -0.848. The van der Waals surface area contributed by atoms with Crippen molar-refractivity contribution in [3.8, 4) is 5.75 Å². The second-order valence-electron chi connectivity index (χ2n) is 7.19. The second-order valence-corrected chi connectivity index (χ2v) is 8.81. The van der Waals surface area contributed by atoms with Crippen molar-refractivity contribution in [2.24, 2.45) is 5.92 Å². The molecule has 3 nitrogen and oxygen atoms in total. The maximum Gasteiger partial charge on any atom is 0.200 e. The molecule has 0 heterocycles. The summed E-state index contributed by atoms with van der Waals surface area (Å²) in [5.74, 6) is -0.762. The lowest BCUT2D eigenvalue weighted by molar-refractivity contribution is 0.264. The zero-order valence-electron chi connectivity index (χ0n) is 16.8. The molecular formula is C21H33F2O3P. The average Bonchev–Trinajstić information content (AvgIpc) is 2.66. The zero-order valence-corrected chi connectivity index (χ0v) is 17.7.